The number of benzene rings is 5. The van der Waals surface area contributed by atoms with E-state index in [0.717, 1.165) is 16.7 Å². The zero-order chi connectivity index (χ0) is 29.8. The van der Waals surface area contributed by atoms with Crippen molar-refractivity contribution < 1.29 is 9.18 Å². The van der Waals surface area contributed by atoms with Crippen molar-refractivity contribution in [2.24, 2.45) is 0 Å². The van der Waals surface area contributed by atoms with Crippen LogP contribution >= 0.6 is 0 Å². The number of carbonyl (C=O) groups excluding carboxylic acids is 1. The Labute approximate surface area is 249 Å². The topological polar surface area (TPSA) is 55.2 Å². The molecule has 0 aliphatic carbocycles. The predicted molar refractivity (Wildman–Crippen MR) is 167 cm³/mol. The lowest BCUT2D eigenvalue weighted by atomic mass is 9.89. The number of fused-ring (bicyclic) bond motifs is 1. The van der Waals surface area contributed by atoms with Crippen molar-refractivity contribution in [1.82, 2.24) is 14.5 Å². The number of para-hydroxylation sites is 2. The maximum absolute atomic E-state index is 15.3. The normalized spacial score (nSPS) is 11.9. The first kappa shape index (κ1) is 27.8. The molecule has 0 bridgehead atoms. The Balaban J connectivity index is 1.56. The first-order valence-electron chi connectivity index (χ1n) is 14.2. The first-order valence-corrected chi connectivity index (χ1v) is 14.2. The summed E-state index contributed by atoms with van der Waals surface area (Å²) in [6.07, 6.45) is 0. The van der Waals surface area contributed by atoms with Crippen molar-refractivity contribution in [1.29, 1.82) is 0 Å². The third kappa shape index (κ3) is 5.60. The second kappa shape index (κ2) is 12.2. The van der Waals surface area contributed by atoms with Gasteiger partial charge in [-0.25, -0.2) is 9.37 Å². The molecule has 0 saturated heterocycles. The quantitative estimate of drug-likeness (QED) is 0.192. The van der Waals surface area contributed by atoms with Crippen molar-refractivity contribution in [3.05, 3.63) is 178 Å². The molecule has 1 heterocycles. The van der Waals surface area contributed by atoms with Gasteiger partial charge < -0.3 is 4.90 Å². The molecular weight excluding hydrogens is 537 g/mol. The van der Waals surface area contributed by atoms with Gasteiger partial charge in [0, 0.05) is 6.54 Å². The number of hydrogen-bond donors (Lipinski definition) is 0. The number of halogens is 1. The smallest absolute Gasteiger partial charge is 0.266 e. The minimum atomic E-state index is -0.709. The van der Waals surface area contributed by atoms with Crippen molar-refractivity contribution in [2.45, 2.75) is 25.4 Å². The van der Waals surface area contributed by atoms with Gasteiger partial charge in [0.15, 0.2) is 0 Å². The van der Waals surface area contributed by atoms with E-state index < -0.39 is 23.3 Å². The van der Waals surface area contributed by atoms with Crippen LogP contribution in [0, 0.1) is 5.82 Å². The molecule has 0 saturated carbocycles. The highest BCUT2D eigenvalue weighted by Crippen LogP contribution is 2.33. The lowest BCUT2D eigenvalue weighted by Crippen LogP contribution is -2.40. The summed E-state index contributed by atoms with van der Waals surface area (Å²) in [5, 5.41) is 0.370. The maximum Gasteiger partial charge on any atom is 0.266 e. The molecule has 1 atom stereocenters. The average molecular weight is 568 g/mol. The van der Waals surface area contributed by atoms with Crippen LogP contribution in [0.15, 0.2) is 144 Å². The zero-order valence-corrected chi connectivity index (χ0v) is 23.7. The van der Waals surface area contributed by atoms with Crippen LogP contribution in [0.2, 0.25) is 0 Å². The van der Waals surface area contributed by atoms with Gasteiger partial charge in [-0.2, -0.15) is 0 Å². The highest BCUT2D eigenvalue weighted by atomic mass is 19.1. The van der Waals surface area contributed by atoms with E-state index in [9.17, 15) is 9.59 Å². The molecule has 0 fully saturated rings. The van der Waals surface area contributed by atoms with Gasteiger partial charge in [-0.15, -0.1) is 0 Å². The Kier molecular flexibility index (Phi) is 7.92. The summed E-state index contributed by atoms with van der Waals surface area (Å²) < 4.78 is 16.6. The van der Waals surface area contributed by atoms with E-state index in [1.165, 1.54) is 10.6 Å². The summed E-state index contributed by atoms with van der Waals surface area (Å²) in [4.78, 5) is 35.5. The number of rotatable bonds is 8. The molecule has 1 aromatic heterocycles. The molecule has 0 aliphatic rings. The van der Waals surface area contributed by atoms with Gasteiger partial charge in [0.25, 0.3) is 5.56 Å². The van der Waals surface area contributed by atoms with Crippen LogP contribution in [0.25, 0.3) is 16.6 Å². The first-order chi connectivity index (χ1) is 21.0. The molecule has 0 radical (unpaired) electrons. The molecule has 1 unspecified atom stereocenters. The number of amides is 1. The zero-order valence-electron chi connectivity index (χ0n) is 23.7. The van der Waals surface area contributed by atoms with Crippen molar-refractivity contribution in [2.75, 3.05) is 0 Å². The molecule has 212 valence electrons. The monoisotopic (exact) mass is 567 g/mol. The molecule has 6 heteroatoms. The fourth-order valence-electron chi connectivity index (χ4n) is 5.56. The molecule has 0 aliphatic heterocycles. The summed E-state index contributed by atoms with van der Waals surface area (Å²) in [5.41, 5.74) is 2.79. The minimum absolute atomic E-state index is 0.0855. The van der Waals surface area contributed by atoms with E-state index >= 15 is 4.39 Å². The van der Waals surface area contributed by atoms with Crippen LogP contribution in [0.1, 0.15) is 41.4 Å². The van der Waals surface area contributed by atoms with Gasteiger partial charge in [-0.05, 0) is 47.9 Å². The van der Waals surface area contributed by atoms with Gasteiger partial charge >= 0.3 is 0 Å². The lowest BCUT2D eigenvalue weighted by molar-refractivity contribution is -0.135. The van der Waals surface area contributed by atoms with E-state index in [4.69, 9.17) is 4.98 Å². The number of aromatic nitrogens is 2. The summed E-state index contributed by atoms with van der Waals surface area (Å²) in [5.74, 6) is -1.04. The van der Waals surface area contributed by atoms with Crippen molar-refractivity contribution in [3.63, 3.8) is 0 Å². The fraction of sp³-hybridized carbons (Fsp3) is 0.108. The van der Waals surface area contributed by atoms with Gasteiger partial charge in [0.2, 0.25) is 5.91 Å². The molecule has 43 heavy (non-hydrogen) atoms. The molecule has 0 spiro atoms. The summed E-state index contributed by atoms with van der Waals surface area (Å²) >= 11 is 0. The Morgan fingerprint density at radius 1 is 0.744 bits per heavy atom. The Morgan fingerprint density at radius 3 is 1.91 bits per heavy atom. The van der Waals surface area contributed by atoms with E-state index in [1.54, 1.807) is 41.3 Å². The van der Waals surface area contributed by atoms with Crippen LogP contribution < -0.4 is 5.56 Å². The van der Waals surface area contributed by atoms with Crippen LogP contribution in [-0.4, -0.2) is 20.4 Å². The third-order valence-electron chi connectivity index (χ3n) is 7.73. The highest BCUT2D eigenvalue weighted by molar-refractivity contribution is 5.87. The number of nitrogens with zero attached hydrogens (tertiary/aromatic N) is 3. The minimum Gasteiger partial charge on any atom is -0.328 e. The van der Waals surface area contributed by atoms with Gasteiger partial charge in [0.05, 0.1) is 28.6 Å². The van der Waals surface area contributed by atoms with E-state index in [1.807, 2.05) is 104 Å². The molecule has 6 rings (SSSR count). The van der Waals surface area contributed by atoms with E-state index in [0.29, 0.717) is 10.9 Å². The second-order valence-electron chi connectivity index (χ2n) is 10.5. The largest absolute Gasteiger partial charge is 0.328 e. The van der Waals surface area contributed by atoms with Gasteiger partial charge in [-0.1, -0.05) is 115 Å². The SMILES string of the molecule is CC(c1nc2ccccc2c(=O)n1-c1ccccc1F)N(Cc1ccccc1)C(=O)C(c1ccccc1)c1ccccc1. The Bertz CT molecular complexity index is 1890. The summed E-state index contributed by atoms with van der Waals surface area (Å²) in [6.45, 7) is 2.11. The highest BCUT2D eigenvalue weighted by Gasteiger charge is 2.33. The van der Waals surface area contributed by atoms with Gasteiger partial charge in [0.1, 0.15) is 11.6 Å². The predicted octanol–water partition coefficient (Wildman–Crippen LogP) is 7.45. The summed E-state index contributed by atoms with van der Waals surface area (Å²) in [7, 11) is 0. The molecule has 6 aromatic rings. The van der Waals surface area contributed by atoms with Crippen LogP contribution in [0.3, 0.4) is 0 Å². The van der Waals surface area contributed by atoms with Gasteiger partial charge in [-0.3, -0.25) is 14.2 Å². The Morgan fingerprint density at radius 2 is 1.28 bits per heavy atom. The number of hydrogen-bond acceptors (Lipinski definition) is 3. The fourth-order valence-corrected chi connectivity index (χ4v) is 5.56. The summed E-state index contributed by atoms with van der Waals surface area (Å²) in [6, 6.07) is 41.5. The second-order valence-corrected chi connectivity index (χ2v) is 10.5. The van der Waals surface area contributed by atoms with Crippen LogP contribution in [0.5, 0.6) is 0 Å². The lowest BCUT2D eigenvalue weighted by Gasteiger charge is -2.34. The molecule has 5 nitrogen and oxygen atoms in total. The standard InChI is InChI=1S/C37H30FN3O2/c1-26(35-39-32-23-13-11-21-30(32)36(42)41(35)33-24-14-12-22-31(33)38)40(25-27-15-5-2-6-16-27)37(43)34(28-17-7-3-8-18-28)29-19-9-4-10-20-29/h2-24,26,34H,25H2,1H3. The van der Waals surface area contributed by atoms with Crippen molar-refractivity contribution in [3.8, 4) is 5.69 Å². The Hall–Kier alpha value is -5.36. The molecule has 1 amide bonds. The van der Waals surface area contributed by atoms with Crippen molar-refractivity contribution >= 4 is 16.8 Å². The van der Waals surface area contributed by atoms with E-state index in [2.05, 4.69) is 0 Å². The maximum atomic E-state index is 15.3. The molecular formula is C37H30FN3O2. The van der Waals surface area contributed by atoms with Crippen LogP contribution in [-0.2, 0) is 11.3 Å². The van der Waals surface area contributed by atoms with E-state index in [-0.39, 0.29) is 24.0 Å². The number of carbonyl (C=O) groups is 1. The third-order valence-corrected chi connectivity index (χ3v) is 7.73. The molecule has 0 N–H and O–H groups in total. The van der Waals surface area contributed by atoms with Crippen LogP contribution in [0.4, 0.5) is 4.39 Å². The molecule has 5 aromatic carbocycles. The average Bonchev–Trinajstić information content (AvgIpc) is 3.05.